The number of hydrogen-bond donors (Lipinski definition) is 2. The Hall–Kier alpha value is -1.91. The standard InChI is InChI=1S/C16H17FO3/c1-11(19)13-6-7-16(14(17)10-13)20-15-5-3-2-4-12(15)8-9-18/h2-7,10-11,18-19H,8-9H2,1H3/t11-/m1/s1. The monoisotopic (exact) mass is 276 g/mol. The Bertz CT molecular complexity index is 582. The molecule has 0 fully saturated rings. The van der Waals surface area contributed by atoms with Crippen LogP contribution in [0.1, 0.15) is 24.2 Å². The first kappa shape index (κ1) is 14.5. The van der Waals surface area contributed by atoms with Crippen LogP contribution in [0.25, 0.3) is 0 Å². The van der Waals surface area contributed by atoms with Crippen LogP contribution >= 0.6 is 0 Å². The topological polar surface area (TPSA) is 49.7 Å². The highest BCUT2D eigenvalue weighted by molar-refractivity contribution is 5.39. The van der Waals surface area contributed by atoms with E-state index >= 15 is 0 Å². The van der Waals surface area contributed by atoms with Gasteiger partial charge in [-0.3, -0.25) is 0 Å². The van der Waals surface area contributed by atoms with Crippen molar-refractivity contribution in [3.8, 4) is 11.5 Å². The van der Waals surface area contributed by atoms with E-state index in [0.717, 1.165) is 5.56 Å². The van der Waals surface area contributed by atoms with Crippen molar-refractivity contribution in [1.29, 1.82) is 0 Å². The molecule has 0 heterocycles. The molecule has 0 saturated carbocycles. The summed E-state index contributed by atoms with van der Waals surface area (Å²) in [5.41, 5.74) is 1.31. The van der Waals surface area contributed by atoms with Crippen LogP contribution in [0.4, 0.5) is 4.39 Å². The molecule has 0 aromatic heterocycles. The van der Waals surface area contributed by atoms with Gasteiger partial charge in [-0.15, -0.1) is 0 Å². The fourth-order valence-electron chi connectivity index (χ4n) is 1.91. The van der Waals surface area contributed by atoms with Gasteiger partial charge in [-0.2, -0.15) is 0 Å². The maximum absolute atomic E-state index is 13.9. The van der Waals surface area contributed by atoms with Crippen molar-refractivity contribution < 1.29 is 19.3 Å². The van der Waals surface area contributed by atoms with Crippen LogP contribution in [0.3, 0.4) is 0 Å². The van der Waals surface area contributed by atoms with Gasteiger partial charge in [0.05, 0.1) is 6.10 Å². The number of aliphatic hydroxyl groups is 2. The lowest BCUT2D eigenvalue weighted by Crippen LogP contribution is -1.98. The summed E-state index contributed by atoms with van der Waals surface area (Å²) < 4.78 is 19.5. The van der Waals surface area contributed by atoms with E-state index in [9.17, 15) is 9.50 Å². The second-order valence-corrected chi connectivity index (χ2v) is 4.55. The zero-order chi connectivity index (χ0) is 14.5. The number of halogens is 1. The van der Waals surface area contributed by atoms with Crippen molar-refractivity contribution in [2.75, 3.05) is 6.61 Å². The lowest BCUT2D eigenvalue weighted by molar-refractivity contribution is 0.198. The van der Waals surface area contributed by atoms with Gasteiger partial charge in [-0.05, 0) is 42.7 Å². The first-order valence-corrected chi connectivity index (χ1v) is 6.46. The second kappa shape index (κ2) is 6.50. The zero-order valence-electron chi connectivity index (χ0n) is 11.2. The van der Waals surface area contributed by atoms with E-state index in [1.165, 1.54) is 12.1 Å². The smallest absolute Gasteiger partial charge is 0.166 e. The minimum Gasteiger partial charge on any atom is -0.454 e. The molecule has 0 radical (unpaired) electrons. The summed E-state index contributed by atoms with van der Waals surface area (Å²) in [6, 6.07) is 11.6. The molecule has 2 N–H and O–H groups in total. The molecule has 4 heteroatoms. The van der Waals surface area contributed by atoms with Gasteiger partial charge in [0.25, 0.3) is 0 Å². The van der Waals surface area contributed by atoms with Gasteiger partial charge in [-0.1, -0.05) is 24.3 Å². The molecule has 20 heavy (non-hydrogen) atoms. The van der Waals surface area contributed by atoms with E-state index < -0.39 is 11.9 Å². The summed E-state index contributed by atoms with van der Waals surface area (Å²) in [6.45, 7) is 1.58. The maximum Gasteiger partial charge on any atom is 0.166 e. The molecular formula is C16H17FO3. The molecule has 0 aliphatic heterocycles. The number of para-hydroxylation sites is 1. The third-order valence-corrected chi connectivity index (χ3v) is 3.01. The maximum atomic E-state index is 13.9. The average molecular weight is 276 g/mol. The molecule has 2 aromatic carbocycles. The second-order valence-electron chi connectivity index (χ2n) is 4.55. The Labute approximate surface area is 117 Å². The van der Waals surface area contributed by atoms with Crippen molar-refractivity contribution in [1.82, 2.24) is 0 Å². The number of rotatable bonds is 5. The van der Waals surface area contributed by atoms with E-state index in [2.05, 4.69) is 0 Å². The molecule has 2 rings (SSSR count). The van der Waals surface area contributed by atoms with Crippen LogP contribution in [0.5, 0.6) is 11.5 Å². The summed E-state index contributed by atoms with van der Waals surface area (Å²) in [7, 11) is 0. The first-order valence-electron chi connectivity index (χ1n) is 6.46. The summed E-state index contributed by atoms with van der Waals surface area (Å²) >= 11 is 0. The van der Waals surface area contributed by atoms with Gasteiger partial charge in [0.15, 0.2) is 11.6 Å². The lowest BCUT2D eigenvalue weighted by Gasteiger charge is -2.12. The Kier molecular flexibility index (Phi) is 4.71. The highest BCUT2D eigenvalue weighted by Crippen LogP contribution is 2.29. The third-order valence-electron chi connectivity index (χ3n) is 3.01. The van der Waals surface area contributed by atoms with Crippen molar-refractivity contribution in [2.45, 2.75) is 19.4 Å². The van der Waals surface area contributed by atoms with E-state index in [1.807, 2.05) is 12.1 Å². The highest BCUT2D eigenvalue weighted by atomic mass is 19.1. The minimum atomic E-state index is -0.722. The Morgan fingerprint density at radius 3 is 2.55 bits per heavy atom. The van der Waals surface area contributed by atoms with Crippen LogP contribution in [-0.2, 0) is 6.42 Å². The fourth-order valence-corrected chi connectivity index (χ4v) is 1.91. The number of benzene rings is 2. The highest BCUT2D eigenvalue weighted by Gasteiger charge is 2.10. The molecule has 0 saturated heterocycles. The molecule has 0 aliphatic carbocycles. The predicted octanol–water partition coefficient (Wildman–Crippen LogP) is 3.21. The van der Waals surface area contributed by atoms with Crippen molar-refractivity contribution in [3.05, 3.63) is 59.4 Å². The average Bonchev–Trinajstić information content (AvgIpc) is 2.43. The van der Waals surface area contributed by atoms with E-state index in [0.29, 0.717) is 17.7 Å². The van der Waals surface area contributed by atoms with Gasteiger partial charge in [-0.25, -0.2) is 4.39 Å². The summed E-state index contributed by atoms with van der Waals surface area (Å²) in [4.78, 5) is 0. The van der Waals surface area contributed by atoms with Crippen molar-refractivity contribution >= 4 is 0 Å². The van der Waals surface area contributed by atoms with Gasteiger partial charge < -0.3 is 14.9 Å². The zero-order valence-corrected chi connectivity index (χ0v) is 11.2. The van der Waals surface area contributed by atoms with Crippen LogP contribution in [0, 0.1) is 5.82 Å². The van der Waals surface area contributed by atoms with Crippen LogP contribution in [0.2, 0.25) is 0 Å². The molecule has 3 nitrogen and oxygen atoms in total. The minimum absolute atomic E-state index is 0.00379. The van der Waals surface area contributed by atoms with Crippen LogP contribution < -0.4 is 4.74 Å². The van der Waals surface area contributed by atoms with Gasteiger partial charge in [0.1, 0.15) is 5.75 Å². The predicted molar refractivity (Wildman–Crippen MR) is 74.3 cm³/mol. The molecule has 0 bridgehead atoms. The molecule has 106 valence electrons. The largest absolute Gasteiger partial charge is 0.454 e. The van der Waals surface area contributed by atoms with Gasteiger partial charge in [0, 0.05) is 6.61 Å². The molecule has 0 spiro atoms. The molecule has 2 aromatic rings. The van der Waals surface area contributed by atoms with Crippen LogP contribution in [0.15, 0.2) is 42.5 Å². The Balaban J connectivity index is 2.26. The van der Waals surface area contributed by atoms with Gasteiger partial charge >= 0.3 is 0 Å². The SMILES string of the molecule is C[C@@H](O)c1ccc(Oc2ccccc2CCO)c(F)c1. The van der Waals surface area contributed by atoms with E-state index in [-0.39, 0.29) is 12.4 Å². The number of hydrogen-bond acceptors (Lipinski definition) is 3. The normalized spacial score (nSPS) is 12.2. The molecular weight excluding hydrogens is 259 g/mol. The summed E-state index contributed by atoms with van der Waals surface area (Å²) in [5.74, 6) is 0.0900. The number of aliphatic hydroxyl groups excluding tert-OH is 2. The van der Waals surface area contributed by atoms with Gasteiger partial charge in [0.2, 0.25) is 0 Å². The lowest BCUT2D eigenvalue weighted by atomic mass is 10.1. The summed E-state index contributed by atoms with van der Waals surface area (Å²) in [5, 5.41) is 18.4. The Morgan fingerprint density at radius 2 is 1.90 bits per heavy atom. The van der Waals surface area contributed by atoms with Crippen molar-refractivity contribution in [3.63, 3.8) is 0 Å². The number of ether oxygens (including phenoxy) is 1. The van der Waals surface area contributed by atoms with Crippen LogP contribution in [-0.4, -0.2) is 16.8 Å². The fraction of sp³-hybridized carbons (Fsp3) is 0.250. The third kappa shape index (κ3) is 3.35. The van der Waals surface area contributed by atoms with Crippen molar-refractivity contribution in [2.24, 2.45) is 0 Å². The molecule has 0 unspecified atom stereocenters. The molecule has 0 amide bonds. The van der Waals surface area contributed by atoms with E-state index in [4.69, 9.17) is 9.84 Å². The molecule has 0 aliphatic rings. The summed E-state index contributed by atoms with van der Waals surface area (Å²) in [6.07, 6.45) is -0.274. The Morgan fingerprint density at radius 1 is 1.15 bits per heavy atom. The first-order chi connectivity index (χ1) is 9.61. The quantitative estimate of drug-likeness (QED) is 0.881. The molecule has 1 atom stereocenters. The van der Waals surface area contributed by atoms with E-state index in [1.54, 1.807) is 25.1 Å².